The number of carbonyl (C=O) groups is 2. The third kappa shape index (κ3) is 4.44. The lowest BCUT2D eigenvalue weighted by Gasteiger charge is -2.22. The first-order chi connectivity index (χ1) is 12.6. The molecular formula is C18H23N5O2S. The molecule has 26 heavy (non-hydrogen) atoms. The van der Waals surface area contributed by atoms with Crippen LogP contribution in [0.25, 0.3) is 0 Å². The standard InChI is InChI=1S/C18H23N5O2S/c1-3-19-18(25)16-6-14(10-23(16)9-13-4-5-26-11-13)22-17(24)15-8-20-12(2)7-21-15/h4-5,7-8,11,14,16H,3,6,9-10H2,1-2H3,(H,19,25)(H,22,24)/t14-,16-/m0/s1. The largest absolute Gasteiger partial charge is 0.355 e. The quantitative estimate of drug-likeness (QED) is 0.798. The van der Waals surface area contributed by atoms with Gasteiger partial charge in [-0.3, -0.25) is 19.5 Å². The number of amides is 2. The molecule has 2 atom stereocenters. The first-order valence-corrected chi connectivity index (χ1v) is 9.63. The Hall–Kier alpha value is -2.32. The zero-order valence-corrected chi connectivity index (χ0v) is 15.8. The molecule has 7 nitrogen and oxygen atoms in total. The van der Waals surface area contributed by atoms with Crippen molar-refractivity contribution in [2.24, 2.45) is 0 Å². The Morgan fingerprint density at radius 2 is 2.19 bits per heavy atom. The predicted molar refractivity (Wildman–Crippen MR) is 99.8 cm³/mol. The Labute approximate surface area is 156 Å². The number of hydrogen-bond donors (Lipinski definition) is 2. The van der Waals surface area contributed by atoms with Crippen molar-refractivity contribution in [3.05, 3.63) is 46.2 Å². The van der Waals surface area contributed by atoms with Gasteiger partial charge in [-0.15, -0.1) is 0 Å². The molecule has 0 aromatic carbocycles. The summed E-state index contributed by atoms with van der Waals surface area (Å²) in [5, 5.41) is 10.0. The highest BCUT2D eigenvalue weighted by Gasteiger charge is 2.37. The van der Waals surface area contributed by atoms with Crippen LogP contribution in [0.4, 0.5) is 0 Å². The first kappa shape index (κ1) is 18.5. The SMILES string of the molecule is CCNC(=O)[C@@H]1C[C@H](NC(=O)c2cnc(C)cn2)CN1Cc1ccsc1. The molecule has 2 amide bonds. The summed E-state index contributed by atoms with van der Waals surface area (Å²) in [7, 11) is 0. The number of aryl methyl sites for hydroxylation is 1. The number of carbonyl (C=O) groups excluding carboxylic acids is 2. The van der Waals surface area contributed by atoms with E-state index in [1.807, 2.05) is 19.2 Å². The number of nitrogens with one attached hydrogen (secondary N) is 2. The van der Waals surface area contributed by atoms with Gasteiger partial charge < -0.3 is 10.6 Å². The Bertz CT molecular complexity index is 747. The van der Waals surface area contributed by atoms with Crippen LogP contribution in [0, 0.1) is 6.92 Å². The maximum Gasteiger partial charge on any atom is 0.271 e. The molecule has 1 aliphatic rings. The van der Waals surface area contributed by atoms with E-state index in [0.717, 1.165) is 5.69 Å². The second-order valence-corrected chi connectivity index (χ2v) is 7.20. The number of hydrogen-bond acceptors (Lipinski definition) is 6. The highest BCUT2D eigenvalue weighted by atomic mass is 32.1. The average Bonchev–Trinajstić information content (AvgIpc) is 3.26. The molecule has 3 rings (SSSR count). The molecule has 0 aliphatic carbocycles. The van der Waals surface area contributed by atoms with Gasteiger partial charge in [0, 0.05) is 31.9 Å². The zero-order chi connectivity index (χ0) is 18.5. The highest BCUT2D eigenvalue weighted by Crippen LogP contribution is 2.22. The molecule has 0 radical (unpaired) electrons. The van der Waals surface area contributed by atoms with E-state index in [-0.39, 0.29) is 23.9 Å². The lowest BCUT2D eigenvalue weighted by Crippen LogP contribution is -2.42. The summed E-state index contributed by atoms with van der Waals surface area (Å²) in [5.41, 5.74) is 2.24. The van der Waals surface area contributed by atoms with E-state index in [9.17, 15) is 9.59 Å². The van der Waals surface area contributed by atoms with Crippen LogP contribution in [-0.4, -0.2) is 51.9 Å². The minimum atomic E-state index is -0.255. The molecule has 2 aromatic rings. The summed E-state index contributed by atoms with van der Waals surface area (Å²) in [4.78, 5) is 35.2. The van der Waals surface area contributed by atoms with Crippen LogP contribution in [0.15, 0.2) is 29.2 Å². The van der Waals surface area contributed by atoms with Gasteiger partial charge in [-0.1, -0.05) is 0 Å². The normalized spacial score (nSPS) is 20.1. The van der Waals surface area contributed by atoms with E-state index in [0.29, 0.717) is 31.7 Å². The summed E-state index contributed by atoms with van der Waals surface area (Å²) < 4.78 is 0. The minimum absolute atomic E-state index is 0.00889. The molecule has 8 heteroatoms. The monoisotopic (exact) mass is 373 g/mol. The molecular weight excluding hydrogens is 350 g/mol. The maximum absolute atomic E-state index is 12.4. The van der Waals surface area contributed by atoms with Gasteiger partial charge in [0.2, 0.25) is 5.91 Å². The minimum Gasteiger partial charge on any atom is -0.355 e. The van der Waals surface area contributed by atoms with Crippen LogP contribution in [0.3, 0.4) is 0 Å². The number of likely N-dealkylation sites (tertiary alicyclic amines) is 1. The number of rotatable bonds is 6. The second-order valence-electron chi connectivity index (χ2n) is 6.42. The lowest BCUT2D eigenvalue weighted by atomic mass is 10.1. The van der Waals surface area contributed by atoms with Gasteiger partial charge in [0.15, 0.2) is 0 Å². The summed E-state index contributed by atoms with van der Waals surface area (Å²) in [6.45, 7) is 5.65. The Morgan fingerprint density at radius 1 is 1.35 bits per heavy atom. The Morgan fingerprint density at radius 3 is 2.85 bits per heavy atom. The van der Waals surface area contributed by atoms with Crippen LogP contribution < -0.4 is 10.6 Å². The van der Waals surface area contributed by atoms with Crippen LogP contribution in [-0.2, 0) is 11.3 Å². The number of thiophene rings is 1. The van der Waals surface area contributed by atoms with Gasteiger partial charge in [-0.25, -0.2) is 4.98 Å². The molecule has 1 fully saturated rings. The first-order valence-electron chi connectivity index (χ1n) is 8.69. The van der Waals surface area contributed by atoms with Crippen molar-refractivity contribution in [2.75, 3.05) is 13.1 Å². The van der Waals surface area contributed by atoms with Crippen LogP contribution in [0.2, 0.25) is 0 Å². The van der Waals surface area contributed by atoms with Gasteiger partial charge in [0.05, 0.1) is 17.9 Å². The van der Waals surface area contributed by atoms with Crippen LogP contribution in [0.1, 0.15) is 35.1 Å². The van der Waals surface area contributed by atoms with Crippen molar-refractivity contribution in [1.29, 1.82) is 0 Å². The number of likely N-dealkylation sites (N-methyl/N-ethyl adjacent to an activating group) is 1. The number of nitrogens with zero attached hydrogens (tertiary/aromatic N) is 3. The molecule has 1 saturated heterocycles. The lowest BCUT2D eigenvalue weighted by molar-refractivity contribution is -0.125. The van der Waals surface area contributed by atoms with Crippen molar-refractivity contribution >= 4 is 23.2 Å². The van der Waals surface area contributed by atoms with Crippen molar-refractivity contribution < 1.29 is 9.59 Å². The molecule has 0 spiro atoms. The van der Waals surface area contributed by atoms with E-state index in [1.165, 1.54) is 11.8 Å². The van der Waals surface area contributed by atoms with Crippen LogP contribution in [0.5, 0.6) is 0 Å². The zero-order valence-electron chi connectivity index (χ0n) is 14.9. The Balaban J connectivity index is 1.67. The molecule has 2 aromatic heterocycles. The smallest absolute Gasteiger partial charge is 0.271 e. The van der Waals surface area contributed by atoms with E-state index in [2.05, 4.69) is 36.9 Å². The summed E-state index contributed by atoms with van der Waals surface area (Å²) in [6, 6.07) is 1.72. The number of aromatic nitrogens is 2. The van der Waals surface area contributed by atoms with E-state index in [1.54, 1.807) is 17.5 Å². The fraction of sp³-hybridized carbons (Fsp3) is 0.444. The highest BCUT2D eigenvalue weighted by molar-refractivity contribution is 7.07. The van der Waals surface area contributed by atoms with E-state index in [4.69, 9.17) is 0 Å². The van der Waals surface area contributed by atoms with E-state index < -0.39 is 0 Å². The molecule has 0 saturated carbocycles. The van der Waals surface area contributed by atoms with Gasteiger partial charge in [-0.05, 0) is 42.7 Å². The van der Waals surface area contributed by atoms with Crippen molar-refractivity contribution in [3.8, 4) is 0 Å². The summed E-state index contributed by atoms with van der Waals surface area (Å²) in [6.07, 6.45) is 3.63. The molecule has 138 valence electrons. The Kier molecular flexibility index (Phi) is 5.95. The van der Waals surface area contributed by atoms with E-state index >= 15 is 0 Å². The topological polar surface area (TPSA) is 87.2 Å². The second kappa shape index (κ2) is 8.37. The molecule has 0 bridgehead atoms. The van der Waals surface area contributed by atoms with Gasteiger partial charge in [0.1, 0.15) is 5.69 Å². The maximum atomic E-state index is 12.4. The molecule has 2 N–H and O–H groups in total. The predicted octanol–water partition coefficient (Wildman–Crippen LogP) is 1.36. The van der Waals surface area contributed by atoms with Gasteiger partial charge in [0.25, 0.3) is 5.91 Å². The van der Waals surface area contributed by atoms with Crippen molar-refractivity contribution in [2.45, 2.75) is 38.9 Å². The fourth-order valence-corrected chi connectivity index (χ4v) is 3.79. The third-order valence-corrected chi connectivity index (χ3v) is 5.10. The third-order valence-electron chi connectivity index (χ3n) is 4.37. The van der Waals surface area contributed by atoms with Crippen molar-refractivity contribution in [1.82, 2.24) is 25.5 Å². The fourth-order valence-electron chi connectivity index (χ4n) is 3.13. The molecule has 1 aliphatic heterocycles. The summed E-state index contributed by atoms with van der Waals surface area (Å²) in [5.74, 6) is -0.246. The van der Waals surface area contributed by atoms with Crippen molar-refractivity contribution in [3.63, 3.8) is 0 Å². The van der Waals surface area contributed by atoms with Crippen LogP contribution >= 0.6 is 11.3 Å². The molecule has 3 heterocycles. The summed E-state index contributed by atoms with van der Waals surface area (Å²) >= 11 is 1.64. The van der Waals surface area contributed by atoms with Gasteiger partial charge in [-0.2, -0.15) is 11.3 Å². The van der Waals surface area contributed by atoms with Gasteiger partial charge >= 0.3 is 0 Å². The average molecular weight is 373 g/mol. The molecule has 0 unspecified atom stereocenters.